The number of benzene rings is 2. The lowest BCUT2D eigenvalue weighted by Crippen LogP contribution is -2.28. The Hall–Kier alpha value is -2.78. The molecule has 3 rings (SSSR count). The normalized spacial score (nSPS) is 12.1. The highest BCUT2D eigenvalue weighted by atomic mass is 32.2. The van der Waals surface area contributed by atoms with Gasteiger partial charge in [-0.15, -0.1) is 0 Å². The van der Waals surface area contributed by atoms with E-state index in [2.05, 4.69) is 4.98 Å². The fraction of sp³-hybridized carbons (Fsp3) is 0.273. The first-order chi connectivity index (χ1) is 14.4. The van der Waals surface area contributed by atoms with Crippen LogP contribution in [0.4, 0.5) is 13.2 Å². The smallest absolute Gasteiger partial charge is 0.416 e. The van der Waals surface area contributed by atoms with Gasteiger partial charge in [-0.1, -0.05) is 11.8 Å². The molecule has 0 fully saturated rings. The van der Waals surface area contributed by atoms with E-state index in [0.29, 0.717) is 16.3 Å². The van der Waals surface area contributed by atoms with Crippen molar-refractivity contribution in [2.75, 3.05) is 6.61 Å². The summed E-state index contributed by atoms with van der Waals surface area (Å²) in [4.78, 5) is 17.4. The van der Waals surface area contributed by atoms with Crippen LogP contribution in [0, 0.1) is 6.92 Å². The summed E-state index contributed by atoms with van der Waals surface area (Å²) in [5.41, 5.74) is -0.746. The zero-order valence-corrected chi connectivity index (χ0v) is 17.9. The van der Waals surface area contributed by atoms with Gasteiger partial charge in [-0.3, -0.25) is 9.36 Å². The van der Waals surface area contributed by atoms with E-state index >= 15 is 0 Å². The predicted molar refractivity (Wildman–Crippen MR) is 112 cm³/mol. The molecule has 0 aliphatic heterocycles. The Morgan fingerprint density at radius 3 is 2.39 bits per heavy atom. The van der Waals surface area contributed by atoms with Crippen LogP contribution in [-0.4, -0.2) is 26.9 Å². The summed E-state index contributed by atoms with van der Waals surface area (Å²) in [6.45, 7) is 5.23. The Morgan fingerprint density at radius 2 is 1.81 bits per heavy atom. The highest BCUT2D eigenvalue weighted by Crippen LogP contribution is 2.32. The summed E-state index contributed by atoms with van der Waals surface area (Å²) in [7, 11) is 0. The van der Waals surface area contributed by atoms with Gasteiger partial charge in [0.15, 0.2) is 5.03 Å². The fourth-order valence-electron chi connectivity index (χ4n) is 2.69. The van der Waals surface area contributed by atoms with Crippen LogP contribution in [0.3, 0.4) is 0 Å². The van der Waals surface area contributed by atoms with Crippen LogP contribution in [0.25, 0.3) is 5.69 Å². The van der Waals surface area contributed by atoms with E-state index in [4.69, 9.17) is 4.74 Å². The first-order valence-corrected chi connectivity index (χ1v) is 10.1. The van der Waals surface area contributed by atoms with Gasteiger partial charge >= 0.3 is 6.18 Å². The van der Waals surface area contributed by atoms with Crippen molar-refractivity contribution in [1.29, 1.82) is 0 Å². The lowest BCUT2D eigenvalue weighted by atomic mass is 10.1. The average molecular weight is 450 g/mol. The summed E-state index contributed by atoms with van der Waals surface area (Å²) in [6.07, 6.45) is -1.44. The number of aliphatic hydroxyl groups is 1. The van der Waals surface area contributed by atoms with Crippen LogP contribution in [0.5, 0.6) is 5.75 Å². The molecule has 0 saturated carbocycles. The molecule has 31 heavy (non-hydrogen) atoms. The van der Waals surface area contributed by atoms with Crippen molar-refractivity contribution in [2.24, 2.45) is 0 Å². The molecule has 9 heteroatoms. The number of hydrogen-bond donors (Lipinski definition) is 1. The molecule has 1 heterocycles. The summed E-state index contributed by atoms with van der Waals surface area (Å²) in [5, 5.41) is 9.95. The van der Waals surface area contributed by atoms with Crippen molar-refractivity contribution in [2.45, 2.75) is 42.5 Å². The second-order valence-corrected chi connectivity index (χ2v) is 8.64. The number of rotatable bonds is 6. The lowest BCUT2D eigenvalue weighted by molar-refractivity contribution is -0.137. The van der Waals surface area contributed by atoms with Gasteiger partial charge in [0.05, 0.1) is 11.2 Å². The van der Waals surface area contributed by atoms with E-state index in [1.165, 1.54) is 29.1 Å². The molecule has 0 atom stereocenters. The standard InChI is InChI=1S/C22H21F3N2O3S/c1-14-12-16(6-9-18(14)30-13-21(2,3)29)27-11-10-26-19(20(27)28)31-17-7-4-15(5-8-17)22(23,24)25/h4-12,29H,13H2,1-3H3. The maximum absolute atomic E-state index is 12.9. The van der Waals surface area contributed by atoms with Crippen LogP contribution in [0.2, 0.25) is 0 Å². The molecule has 0 bridgehead atoms. The Kier molecular flexibility index (Phi) is 6.47. The van der Waals surface area contributed by atoms with E-state index in [-0.39, 0.29) is 11.6 Å². The van der Waals surface area contributed by atoms with Gasteiger partial charge in [0.2, 0.25) is 0 Å². The van der Waals surface area contributed by atoms with E-state index in [1.54, 1.807) is 32.0 Å². The van der Waals surface area contributed by atoms with Gasteiger partial charge in [-0.25, -0.2) is 4.98 Å². The number of aryl methyl sites for hydroxylation is 1. The minimum atomic E-state index is -4.42. The van der Waals surface area contributed by atoms with Crippen LogP contribution < -0.4 is 10.3 Å². The summed E-state index contributed by atoms with van der Waals surface area (Å²) >= 11 is 0.996. The van der Waals surface area contributed by atoms with Crippen molar-refractivity contribution < 1.29 is 23.0 Å². The topological polar surface area (TPSA) is 64.4 Å². The first kappa shape index (κ1) is 22.9. The molecule has 0 spiro atoms. The molecule has 0 aliphatic carbocycles. The largest absolute Gasteiger partial charge is 0.490 e. The van der Waals surface area contributed by atoms with E-state index in [9.17, 15) is 23.1 Å². The molecule has 0 saturated heterocycles. The Morgan fingerprint density at radius 1 is 1.13 bits per heavy atom. The molecule has 164 valence electrons. The third kappa shape index (κ3) is 5.89. The Bertz CT molecular complexity index is 1120. The summed E-state index contributed by atoms with van der Waals surface area (Å²) < 4.78 is 45.2. The molecular formula is C22H21F3N2O3S. The second-order valence-electron chi connectivity index (χ2n) is 7.58. The van der Waals surface area contributed by atoms with E-state index in [1.807, 2.05) is 6.92 Å². The first-order valence-electron chi connectivity index (χ1n) is 9.33. The van der Waals surface area contributed by atoms with Crippen LogP contribution in [0.1, 0.15) is 25.0 Å². The van der Waals surface area contributed by atoms with Crippen molar-refractivity contribution in [1.82, 2.24) is 9.55 Å². The summed E-state index contributed by atoms with van der Waals surface area (Å²) in [6, 6.07) is 9.76. The van der Waals surface area contributed by atoms with Crippen molar-refractivity contribution in [3.05, 3.63) is 76.3 Å². The number of ether oxygens (including phenoxy) is 1. The zero-order valence-electron chi connectivity index (χ0n) is 17.1. The van der Waals surface area contributed by atoms with Crippen LogP contribution in [-0.2, 0) is 6.18 Å². The van der Waals surface area contributed by atoms with E-state index in [0.717, 1.165) is 29.5 Å². The third-order valence-electron chi connectivity index (χ3n) is 4.22. The van der Waals surface area contributed by atoms with Crippen molar-refractivity contribution >= 4 is 11.8 Å². The maximum atomic E-state index is 12.9. The molecule has 5 nitrogen and oxygen atoms in total. The van der Waals surface area contributed by atoms with Gasteiger partial charge in [-0.2, -0.15) is 13.2 Å². The molecule has 0 unspecified atom stereocenters. The molecule has 0 radical (unpaired) electrons. The maximum Gasteiger partial charge on any atom is 0.416 e. The molecular weight excluding hydrogens is 429 g/mol. The Labute approximate surface area is 181 Å². The molecule has 0 amide bonds. The average Bonchev–Trinajstić information content (AvgIpc) is 2.68. The fourth-order valence-corrected chi connectivity index (χ4v) is 3.48. The zero-order chi connectivity index (χ0) is 22.8. The molecule has 1 aromatic heterocycles. The molecule has 2 aromatic carbocycles. The van der Waals surface area contributed by atoms with Crippen molar-refractivity contribution in [3.8, 4) is 11.4 Å². The van der Waals surface area contributed by atoms with E-state index < -0.39 is 22.9 Å². The monoisotopic (exact) mass is 450 g/mol. The van der Waals surface area contributed by atoms with Gasteiger partial charge in [0, 0.05) is 23.0 Å². The SMILES string of the molecule is Cc1cc(-n2ccnc(Sc3ccc(C(F)(F)F)cc3)c2=O)ccc1OCC(C)(C)O. The second kappa shape index (κ2) is 8.76. The Balaban J connectivity index is 1.84. The van der Waals surface area contributed by atoms with Crippen molar-refractivity contribution in [3.63, 3.8) is 0 Å². The summed E-state index contributed by atoms with van der Waals surface area (Å²) in [5.74, 6) is 0.590. The number of aromatic nitrogens is 2. The quantitative estimate of drug-likeness (QED) is 0.581. The predicted octanol–water partition coefficient (Wildman–Crippen LogP) is 4.86. The molecule has 1 N–H and O–H groups in total. The third-order valence-corrected chi connectivity index (χ3v) is 5.20. The van der Waals surface area contributed by atoms with Gasteiger partial charge < -0.3 is 9.84 Å². The number of halogens is 3. The highest BCUT2D eigenvalue weighted by Gasteiger charge is 2.30. The van der Waals surface area contributed by atoms with Gasteiger partial charge in [0.1, 0.15) is 12.4 Å². The minimum absolute atomic E-state index is 0.121. The van der Waals surface area contributed by atoms with Crippen LogP contribution in [0.15, 0.2) is 69.6 Å². The highest BCUT2D eigenvalue weighted by molar-refractivity contribution is 7.99. The van der Waals surface area contributed by atoms with Gasteiger partial charge in [-0.05, 0) is 68.8 Å². The number of hydrogen-bond acceptors (Lipinski definition) is 5. The lowest BCUT2D eigenvalue weighted by Gasteiger charge is -2.19. The number of alkyl halides is 3. The minimum Gasteiger partial charge on any atom is -0.490 e. The van der Waals surface area contributed by atoms with Crippen LogP contribution >= 0.6 is 11.8 Å². The number of nitrogens with zero attached hydrogens (tertiary/aromatic N) is 2. The molecule has 3 aromatic rings. The van der Waals surface area contributed by atoms with Gasteiger partial charge in [0.25, 0.3) is 5.56 Å². The molecule has 0 aliphatic rings.